The Balaban J connectivity index is 0. The number of esters is 1. The van der Waals surface area contributed by atoms with E-state index in [0.29, 0.717) is 33.0 Å². The van der Waals surface area contributed by atoms with Gasteiger partial charge < -0.3 is 18.9 Å². The first-order valence-electron chi connectivity index (χ1n) is 6.05. The van der Waals surface area contributed by atoms with Crippen molar-refractivity contribution in [1.82, 2.24) is 0 Å². The topological polar surface area (TPSA) is 54.0 Å². The predicted molar refractivity (Wildman–Crippen MR) is 66.1 cm³/mol. The molecule has 0 aliphatic rings. The van der Waals surface area contributed by atoms with Crippen molar-refractivity contribution in [2.45, 2.75) is 27.7 Å². The summed E-state index contributed by atoms with van der Waals surface area (Å²) in [6.07, 6.45) is 0. The summed E-state index contributed by atoms with van der Waals surface area (Å²) in [7, 11) is 0. The Morgan fingerprint density at radius 1 is 0.765 bits per heavy atom. The lowest BCUT2D eigenvalue weighted by Gasteiger charge is -2.03. The molecule has 5 heteroatoms. The quantitative estimate of drug-likeness (QED) is 0.460. The van der Waals surface area contributed by atoms with Gasteiger partial charge in [-0.1, -0.05) is 0 Å². The summed E-state index contributed by atoms with van der Waals surface area (Å²) in [6, 6.07) is 0. The summed E-state index contributed by atoms with van der Waals surface area (Å²) >= 11 is 0. The summed E-state index contributed by atoms with van der Waals surface area (Å²) in [6.45, 7) is 11.8. The van der Waals surface area contributed by atoms with E-state index in [9.17, 15) is 4.79 Å². The highest BCUT2D eigenvalue weighted by Gasteiger charge is 1.87. The van der Waals surface area contributed by atoms with E-state index in [4.69, 9.17) is 14.2 Å². The standard InChI is InChI=1S/C8H18O3.C4H8O2/c1-3-9-5-7-11-8-6-10-4-2;1-3-6-4(2)5/h3-8H2,1-2H3;3H2,1-2H3. The first kappa shape index (κ1) is 18.7. The van der Waals surface area contributed by atoms with Crippen LogP contribution in [0, 0.1) is 0 Å². The highest BCUT2D eigenvalue weighted by molar-refractivity contribution is 5.65. The highest BCUT2D eigenvalue weighted by Crippen LogP contribution is 1.79. The minimum absolute atomic E-state index is 0.211. The molecule has 0 amide bonds. The van der Waals surface area contributed by atoms with Crippen molar-refractivity contribution >= 4 is 5.97 Å². The lowest BCUT2D eigenvalue weighted by atomic mass is 10.7. The van der Waals surface area contributed by atoms with E-state index in [2.05, 4.69) is 4.74 Å². The molecule has 0 aliphatic carbocycles. The molecule has 17 heavy (non-hydrogen) atoms. The van der Waals surface area contributed by atoms with Crippen LogP contribution in [0.3, 0.4) is 0 Å². The largest absolute Gasteiger partial charge is 0.466 e. The Morgan fingerprint density at radius 3 is 1.41 bits per heavy atom. The summed E-state index contributed by atoms with van der Waals surface area (Å²) < 4.78 is 19.7. The van der Waals surface area contributed by atoms with Crippen LogP contribution < -0.4 is 0 Å². The Hall–Kier alpha value is -0.650. The van der Waals surface area contributed by atoms with Crippen LogP contribution in [-0.2, 0) is 23.7 Å². The lowest BCUT2D eigenvalue weighted by Crippen LogP contribution is -2.08. The van der Waals surface area contributed by atoms with Gasteiger partial charge in [0.2, 0.25) is 0 Å². The summed E-state index contributed by atoms with van der Waals surface area (Å²) in [5, 5.41) is 0. The molecule has 0 atom stereocenters. The van der Waals surface area contributed by atoms with Crippen LogP contribution in [0.4, 0.5) is 0 Å². The molecule has 0 aromatic rings. The third-order valence-electron chi connectivity index (χ3n) is 1.50. The molecular formula is C12H26O5. The molecule has 104 valence electrons. The molecule has 0 unspecified atom stereocenters. The average molecular weight is 250 g/mol. The monoisotopic (exact) mass is 250 g/mol. The van der Waals surface area contributed by atoms with Crippen molar-refractivity contribution in [2.75, 3.05) is 46.2 Å². The second-order valence-corrected chi connectivity index (χ2v) is 2.93. The number of rotatable bonds is 9. The van der Waals surface area contributed by atoms with Crippen molar-refractivity contribution in [3.05, 3.63) is 0 Å². The molecule has 0 saturated carbocycles. The molecule has 0 heterocycles. The highest BCUT2D eigenvalue weighted by atomic mass is 16.5. The van der Waals surface area contributed by atoms with Gasteiger partial charge in [0.05, 0.1) is 33.0 Å². The third-order valence-corrected chi connectivity index (χ3v) is 1.50. The molecule has 0 aromatic carbocycles. The zero-order valence-corrected chi connectivity index (χ0v) is 11.5. The van der Waals surface area contributed by atoms with Crippen molar-refractivity contribution < 1.29 is 23.7 Å². The van der Waals surface area contributed by atoms with E-state index in [1.165, 1.54) is 6.92 Å². The molecule has 0 bridgehead atoms. The van der Waals surface area contributed by atoms with Gasteiger partial charge in [-0.25, -0.2) is 0 Å². The summed E-state index contributed by atoms with van der Waals surface area (Å²) in [5.74, 6) is -0.211. The molecule has 0 saturated heterocycles. The second-order valence-electron chi connectivity index (χ2n) is 2.93. The van der Waals surface area contributed by atoms with E-state index in [0.717, 1.165) is 13.2 Å². The van der Waals surface area contributed by atoms with Gasteiger partial charge >= 0.3 is 5.97 Å². The molecule has 0 spiro atoms. The van der Waals surface area contributed by atoms with E-state index in [1.54, 1.807) is 6.92 Å². The maximum Gasteiger partial charge on any atom is 0.302 e. The van der Waals surface area contributed by atoms with Crippen molar-refractivity contribution in [3.63, 3.8) is 0 Å². The van der Waals surface area contributed by atoms with Crippen LogP contribution in [0.1, 0.15) is 27.7 Å². The van der Waals surface area contributed by atoms with Gasteiger partial charge in [-0.2, -0.15) is 0 Å². The fourth-order valence-electron chi connectivity index (χ4n) is 0.830. The van der Waals surface area contributed by atoms with Gasteiger partial charge in [-0.3, -0.25) is 4.79 Å². The SMILES string of the molecule is CCOC(C)=O.CCOCCOCCOCC. The fourth-order valence-corrected chi connectivity index (χ4v) is 0.830. The number of ether oxygens (including phenoxy) is 4. The van der Waals surface area contributed by atoms with Gasteiger partial charge in [-0.05, 0) is 20.8 Å². The Bertz CT molecular complexity index is 142. The van der Waals surface area contributed by atoms with Crippen molar-refractivity contribution in [2.24, 2.45) is 0 Å². The molecular weight excluding hydrogens is 224 g/mol. The Kier molecular flexibility index (Phi) is 19.5. The van der Waals surface area contributed by atoms with Crippen LogP contribution in [0.2, 0.25) is 0 Å². The predicted octanol–water partition coefficient (Wildman–Crippen LogP) is 1.65. The first-order valence-corrected chi connectivity index (χ1v) is 6.05. The minimum atomic E-state index is -0.211. The number of hydrogen-bond donors (Lipinski definition) is 0. The van der Waals surface area contributed by atoms with E-state index < -0.39 is 0 Å². The minimum Gasteiger partial charge on any atom is -0.466 e. The molecule has 0 aromatic heterocycles. The molecule has 0 radical (unpaired) electrons. The molecule has 0 aliphatic heterocycles. The number of carbonyl (C=O) groups excluding carboxylic acids is 1. The molecule has 0 rings (SSSR count). The lowest BCUT2D eigenvalue weighted by molar-refractivity contribution is -0.140. The number of hydrogen-bond acceptors (Lipinski definition) is 5. The van der Waals surface area contributed by atoms with Crippen LogP contribution >= 0.6 is 0 Å². The van der Waals surface area contributed by atoms with E-state index >= 15 is 0 Å². The van der Waals surface area contributed by atoms with Crippen LogP contribution in [-0.4, -0.2) is 52.2 Å². The zero-order valence-electron chi connectivity index (χ0n) is 11.5. The second kappa shape index (κ2) is 17.7. The molecule has 0 N–H and O–H groups in total. The summed E-state index contributed by atoms with van der Waals surface area (Å²) in [5.41, 5.74) is 0. The Morgan fingerprint density at radius 2 is 1.18 bits per heavy atom. The summed E-state index contributed by atoms with van der Waals surface area (Å²) in [4.78, 5) is 9.82. The molecule has 5 nitrogen and oxygen atoms in total. The zero-order chi connectivity index (χ0) is 13.4. The average Bonchev–Trinajstić information content (AvgIpc) is 2.29. The number of carbonyl (C=O) groups is 1. The van der Waals surface area contributed by atoms with Crippen LogP contribution in [0.15, 0.2) is 0 Å². The first-order chi connectivity index (χ1) is 8.18. The van der Waals surface area contributed by atoms with Crippen molar-refractivity contribution in [3.8, 4) is 0 Å². The van der Waals surface area contributed by atoms with Gasteiger partial charge in [0.15, 0.2) is 0 Å². The van der Waals surface area contributed by atoms with E-state index in [1.807, 2.05) is 13.8 Å². The Labute approximate surface area is 104 Å². The maximum atomic E-state index is 9.82. The maximum absolute atomic E-state index is 9.82. The van der Waals surface area contributed by atoms with Crippen molar-refractivity contribution in [1.29, 1.82) is 0 Å². The van der Waals surface area contributed by atoms with E-state index in [-0.39, 0.29) is 5.97 Å². The van der Waals surface area contributed by atoms with Gasteiger partial charge in [0.1, 0.15) is 0 Å². The van der Waals surface area contributed by atoms with Crippen LogP contribution in [0.25, 0.3) is 0 Å². The third kappa shape index (κ3) is 25.5. The van der Waals surface area contributed by atoms with Gasteiger partial charge in [-0.15, -0.1) is 0 Å². The molecule has 0 fully saturated rings. The smallest absolute Gasteiger partial charge is 0.302 e. The van der Waals surface area contributed by atoms with Gasteiger partial charge in [0, 0.05) is 20.1 Å². The van der Waals surface area contributed by atoms with Gasteiger partial charge in [0.25, 0.3) is 0 Å². The normalized spacial score (nSPS) is 9.41. The fraction of sp³-hybridized carbons (Fsp3) is 0.917. The van der Waals surface area contributed by atoms with Crippen LogP contribution in [0.5, 0.6) is 0 Å².